The van der Waals surface area contributed by atoms with Gasteiger partial charge in [-0.3, -0.25) is 4.79 Å². The lowest BCUT2D eigenvalue weighted by atomic mass is 10.2. The van der Waals surface area contributed by atoms with E-state index in [2.05, 4.69) is 6.92 Å². The van der Waals surface area contributed by atoms with Crippen molar-refractivity contribution in [2.75, 3.05) is 12.3 Å². The van der Waals surface area contributed by atoms with Crippen LogP contribution in [-0.4, -0.2) is 21.8 Å². The minimum absolute atomic E-state index is 0.240. The molecular weight excluding hydrogens is 178 g/mol. The van der Waals surface area contributed by atoms with Gasteiger partial charge in [0.25, 0.3) is 0 Å². The molecule has 0 radical (unpaired) electrons. The van der Waals surface area contributed by atoms with Crippen LogP contribution in [0.1, 0.15) is 13.8 Å². The topological polar surface area (TPSA) is 20.3 Å². The third-order valence-corrected chi connectivity index (χ3v) is 3.41. The van der Waals surface area contributed by atoms with Crippen LogP contribution in [0.15, 0.2) is 11.0 Å². The number of nitrogens with zero attached hydrogens (tertiary/aromatic N) is 1. The van der Waals surface area contributed by atoms with Gasteiger partial charge in [-0.2, -0.15) is 3.71 Å². The lowest BCUT2D eigenvalue weighted by molar-refractivity contribution is -0.115. The summed E-state index contributed by atoms with van der Waals surface area (Å²) in [7, 11) is 0. The molecule has 0 saturated heterocycles. The van der Waals surface area contributed by atoms with E-state index in [0.29, 0.717) is 6.54 Å². The van der Waals surface area contributed by atoms with Gasteiger partial charge in [0.2, 0.25) is 0 Å². The van der Waals surface area contributed by atoms with Crippen molar-refractivity contribution in [1.82, 2.24) is 3.71 Å². The van der Waals surface area contributed by atoms with Gasteiger partial charge in [-0.05, 0) is 24.3 Å². The van der Waals surface area contributed by atoms with Gasteiger partial charge < -0.3 is 0 Å². The molecule has 1 rings (SSSR count). The van der Waals surface area contributed by atoms with Crippen LogP contribution in [0, 0.1) is 0 Å². The van der Waals surface area contributed by atoms with Gasteiger partial charge in [0.15, 0.2) is 5.78 Å². The minimum atomic E-state index is 0.240. The molecule has 0 aromatic heterocycles. The molecule has 0 aromatic carbocycles. The summed E-state index contributed by atoms with van der Waals surface area (Å²) < 4.78 is 2.01. The molecular formula is C7H11NOS2. The van der Waals surface area contributed by atoms with Crippen molar-refractivity contribution in [2.24, 2.45) is 0 Å². The number of hydrogen-bond donors (Lipinski definition) is 0. The molecule has 2 nitrogen and oxygen atoms in total. The summed E-state index contributed by atoms with van der Waals surface area (Å²) in [4.78, 5) is 11.1. The molecule has 4 heteroatoms. The molecule has 11 heavy (non-hydrogen) atoms. The highest BCUT2D eigenvalue weighted by Crippen LogP contribution is 2.27. The highest BCUT2D eigenvalue weighted by Gasteiger charge is 2.16. The van der Waals surface area contributed by atoms with Gasteiger partial charge in [0.1, 0.15) is 0 Å². The zero-order valence-corrected chi connectivity index (χ0v) is 8.30. The first-order valence-electron chi connectivity index (χ1n) is 3.51. The number of carbonyl (C=O) groups is 1. The highest BCUT2D eigenvalue weighted by molar-refractivity contribution is 8.13. The second-order valence-corrected chi connectivity index (χ2v) is 4.63. The molecule has 62 valence electrons. The van der Waals surface area contributed by atoms with E-state index >= 15 is 0 Å². The van der Waals surface area contributed by atoms with E-state index in [1.165, 1.54) is 0 Å². The van der Waals surface area contributed by atoms with Crippen LogP contribution in [0.5, 0.6) is 0 Å². The van der Waals surface area contributed by atoms with Gasteiger partial charge in [-0.15, -0.1) is 0 Å². The van der Waals surface area contributed by atoms with Crippen molar-refractivity contribution in [3.8, 4) is 0 Å². The van der Waals surface area contributed by atoms with Gasteiger partial charge in [0.05, 0.1) is 6.54 Å². The van der Waals surface area contributed by atoms with Crippen LogP contribution in [0.4, 0.5) is 0 Å². The molecule has 0 bridgehead atoms. The highest BCUT2D eigenvalue weighted by atomic mass is 32.2. The first kappa shape index (κ1) is 9.16. The van der Waals surface area contributed by atoms with Crippen LogP contribution >= 0.6 is 23.9 Å². The molecule has 0 amide bonds. The second kappa shape index (κ2) is 4.18. The zero-order chi connectivity index (χ0) is 8.27. The fourth-order valence-corrected chi connectivity index (χ4v) is 2.49. The number of ketones is 1. The minimum Gasteiger partial charge on any atom is -0.293 e. The quantitative estimate of drug-likeness (QED) is 0.620. The Balaban J connectivity index is 2.48. The second-order valence-electron chi connectivity index (χ2n) is 2.24. The third-order valence-electron chi connectivity index (χ3n) is 1.33. The molecule has 0 unspecified atom stereocenters. The maximum Gasteiger partial charge on any atom is 0.175 e. The molecule has 0 aromatic rings. The van der Waals surface area contributed by atoms with E-state index in [4.69, 9.17) is 0 Å². The predicted molar refractivity (Wildman–Crippen MR) is 51.2 cm³/mol. The predicted octanol–water partition coefficient (Wildman–Crippen LogP) is 2.09. The van der Waals surface area contributed by atoms with Crippen molar-refractivity contribution >= 4 is 29.7 Å². The van der Waals surface area contributed by atoms with E-state index in [1.54, 1.807) is 23.9 Å². The molecule has 0 spiro atoms. The number of carbonyl (C=O) groups excluding carboxylic acids is 1. The van der Waals surface area contributed by atoms with Gasteiger partial charge in [0, 0.05) is 11.3 Å². The summed E-state index contributed by atoms with van der Waals surface area (Å²) in [6.07, 6.45) is 0. The fraction of sp³-hybridized carbons (Fsp3) is 0.571. The lowest BCUT2D eigenvalue weighted by Crippen LogP contribution is -2.21. The van der Waals surface area contributed by atoms with E-state index in [-0.39, 0.29) is 5.78 Å². The van der Waals surface area contributed by atoms with E-state index in [1.807, 2.05) is 16.0 Å². The first-order chi connectivity index (χ1) is 5.24. The third kappa shape index (κ3) is 2.54. The summed E-state index contributed by atoms with van der Waals surface area (Å²) >= 11 is 3.30. The Kier molecular flexibility index (Phi) is 3.48. The maximum atomic E-state index is 11.1. The van der Waals surface area contributed by atoms with Crippen molar-refractivity contribution in [3.63, 3.8) is 0 Å². The molecule has 0 saturated carbocycles. The van der Waals surface area contributed by atoms with Crippen molar-refractivity contribution < 1.29 is 4.79 Å². The SMILES string of the molecule is CCSN1CC(=O)C(C)=CS1. The Morgan fingerprint density at radius 1 is 1.82 bits per heavy atom. The summed E-state index contributed by atoms with van der Waals surface area (Å²) in [6, 6.07) is 0. The molecule has 1 heterocycles. The van der Waals surface area contributed by atoms with Crippen molar-refractivity contribution in [2.45, 2.75) is 13.8 Å². The van der Waals surface area contributed by atoms with Gasteiger partial charge in [-0.25, -0.2) is 0 Å². The molecule has 0 atom stereocenters. The number of Topliss-reactive ketones (excluding diaryl/α,β-unsaturated/α-hetero) is 1. The van der Waals surface area contributed by atoms with Crippen LogP contribution in [-0.2, 0) is 4.79 Å². The average Bonchev–Trinajstić information content (AvgIpc) is 1.98. The Hall–Kier alpha value is 0.0700. The molecule has 1 aliphatic rings. The van der Waals surface area contributed by atoms with Crippen LogP contribution in [0.3, 0.4) is 0 Å². The van der Waals surface area contributed by atoms with Gasteiger partial charge in [-0.1, -0.05) is 18.9 Å². The summed E-state index contributed by atoms with van der Waals surface area (Å²) in [5, 5.41) is 1.91. The first-order valence-corrected chi connectivity index (χ1v) is 5.29. The summed E-state index contributed by atoms with van der Waals surface area (Å²) in [5.41, 5.74) is 0.878. The number of rotatable bonds is 2. The zero-order valence-electron chi connectivity index (χ0n) is 6.66. The monoisotopic (exact) mass is 189 g/mol. The lowest BCUT2D eigenvalue weighted by Gasteiger charge is -2.20. The van der Waals surface area contributed by atoms with E-state index < -0.39 is 0 Å². The average molecular weight is 189 g/mol. The summed E-state index contributed by atoms with van der Waals surface area (Å²) in [6.45, 7) is 4.50. The molecule has 0 aliphatic carbocycles. The van der Waals surface area contributed by atoms with Crippen molar-refractivity contribution in [1.29, 1.82) is 0 Å². The van der Waals surface area contributed by atoms with E-state index in [0.717, 1.165) is 11.3 Å². The normalized spacial score (nSPS) is 20.2. The Morgan fingerprint density at radius 2 is 2.55 bits per heavy atom. The Morgan fingerprint density at radius 3 is 3.09 bits per heavy atom. The summed E-state index contributed by atoms with van der Waals surface area (Å²) in [5.74, 6) is 1.26. The van der Waals surface area contributed by atoms with E-state index in [9.17, 15) is 4.79 Å². The molecule has 0 fully saturated rings. The van der Waals surface area contributed by atoms with Crippen molar-refractivity contribution in [3.05, 3.63) is 11.0 Å². The van der Waals surface area contributed by atoms with Gasteiger partial charge >= 0.3 is 0 Å². The van der Waals surface area contributed by atoms with Crippen LogP contribution in [0.25, 0.3) is 0 Å². The van der Waals surface area contributed by atoms with Crippen LogP contribution in [0.2, 0.25) is 0 Å². The molecule has 0 N–H and O–H groups in total. The Bertz CT molecular complexity index is 191. The molecule has 1 aliphatic heterocycles. The Labute approximate surface area is 75.7 Å². The van der Waals surface area contributed by atoms with Crippen LogP contribution < -0.4 is 0 Å². The largest absolute Gasteiger partial charge is 0.293 e. The number of hydrogen-bond acceptors (Lipinski definition) is 4. The standard InChI is InChI=1S/C7H11NOS2/c1-3-10-8-4-7(9)6(2)5-11-8/h5H,3-4H2,1-2H3. The smallest absolute Gasteiger partial charge is 0.175 e. The maximum absolute atomic E-state index is 11.1. The fourth-order valence-electron chi connectivity index (χ4n) is 0.703.